The highest BCUT2D eigenvalue weighted by Crippen LogP contribution is 2.02. The molecule has 0 aromatic rings. The van der Waals surface area contributed by atoms with E-state index in [1.807, 2.05) is 0 Å². The third kappa shape index (κ3) is 36.1. The van der Waals surface area contributed by atoms with Gasteiger partial charge in [-0.25, -0.2) is 9.59 Å². The molecule has 6 amide bonds. The molecule has 20 heteroatoms. The predicted octanol–water partition coefficient (Wildman–Crippen LogP) is 0.438. The van der Waals surface area contributed by atoms with Gasteiger partial charge < -0.3 is 72.9 Å². The Morgan fingerprint density at radius 3 is 0.850 bits per heavy atom. The van der Waals surface area contributed by atoms with Crippen molar-refractivity contribution >= 4 is 35.8 Å². The average Bonchev–Trinajstić information content (AvgIpc) is 3.23. The maximum Gasteiger partial charge on any atom is 0.409 e. The summed E-state index contributed by atoms with van der Waals surface area (Å²) in [6, 6.07) is 0. The summed E-state index contributed by atoms with van der Waals surface area (Å²) in [6.45, 7) is 4.71. The summed E-state index contributed by atoms with van der Waals surface area (Å²) in [7, 11) is 0. The van der Waals surface area contributed by atoms with Crippen molar-refractivity contribution in [2.45, 2.75) is 103 Å². The molecule has 0 aromatic carbocycles. The summed E-state index contributed by atoms with van der Waals surface area (Å²) in [5, 5.41) is 11.3. The smallest absolute Gasteiger partial charge is 0.409 e. The molecule has 0 aliphatic rings. The first-order chi connectivity index (χ1) is 29.2. The number of nitrogens with one attached hydrogen (secondary N) is 4. The minimum Gasteiger partial charge on any atom is -0.447 e. The topological polar surface area (TPSA) is 298 Å². The normalized spacial score (nSPS) is 10.8. The van der Waals surface area contributed by atoms with Gasteiger partial charge in [-0.3, -0.25) is 19.2 Å². The van der Waals surface area contributed by atoms with E-state index in [1.165, 1.54) is 9.80 Å². The van der Waals surface area contributed by atoms with E-state index in [9.17, 15) is 28.8 Å². The summed E-state index contributed by atoms with van der Waals surface area (Å²) in [4.78, 5) is 77.3. The van der Waals surface area contributed by atoms with Crippen molar-refractivity contribution in [3.63, 3.8) is 0 Å². The molecule has 0 atom stereocenters. The maximum absolute atomic E-state index is 12.9. The summed E-state index contributed by atoms with van der Waals surface area (Å²) < 4.78 is 21.8. The summed E-state index contributed by atoms with van der Waals surface area (Å²) in [6.07, 6.45) is 10.2. The van der Waals surface area contributed by atoms with Crippen molar-refractivity contribution in [3.05, 3.63) is 0 Å². The predicted molar refractivity (Wildman–Crippen MR) is 230 cm³/mol. The molecule has 60 heavy (non-hydrogen) atoms. The molecule has 0 fully saturated rings. The van der Waals surface area contributed by atoms with Crippen LogP contribution < -0.4 is 44.2 Å². The Balaban J connectivity index is 4.61. The highest BCUT2D eigenvalue weighted by atomic mass is 16.6. The van der Waals surface area contributed by atoms with Gasteiger partial charge >= 0.3 is 12.2 Å². The fraction of sp³-hybridized carbons (Fsp3) is 0.850. The van der Waals surface area contributed by atoms with Gasteiger partial charge in [0.05, 0.1) is 26.4 Å². The van der Waals surface area contributed by atoms with Gasteiger partial charge in [-0.1, -0.05) is 25.7 Å². The molecule has 0 spiro atoms. The molecule has 12 N–H and O–H groups in total. The van der Waals surface area contributed by atoms with Gasteiger partial charge in [0.25, 0.3) is 0 Å². The lowest BCUT2D eigenvalue weighted by Crippen LogP contribution is -2.43. The fourth-order valence-corrected chi connectivity index (χ4v) is 5.57. The monoisotopic (exact) mass is 861 g/mol. The van der Waals surface area contributed by atoms with Crippen molar-refractivity contribution in [2.24, 2.45) is 22.9 Å². The number of carbonyl (C=O) groups excluding carboxylic acids is 6. The molecule has 350 valence electrons. The van der Waals surface area contributed by atoms with Gasteiger partial charge in [-0.05, 0) is 77.5 Å². The van der Waals surface area contributed by atoms with Crippen LogP contribution in [0.2, 0.25) is 0 Å². The fourth-order valence-electron chi connectivity index (χ4n) is 5.57. The van der Waals surface area contributed by atoms with E-state index in [0.29, 0.717) is 51.9 Å². The molecule has 0 rings (SSSR count). The van der Waals surface area contributed by atoms with Crippen LogP contribution in [-0.4, -0.2) is 164 Å². The SMILES string of the molecule is NCCCCCC(=O)NCCN(CCNC(=O)CCCCCN)C(=O)OCCOCCOCCOC(=O)N(CCNC(=O)CCCCCN)CCNC(=O)CCCCCN. The summed E-state index contributed by atoms with van der Waals surface area (Å²) >= 11 is 0. The van der Waals surface area contributed by atoms with Gasteiger partial charge in [0, 0.05) is 78.0 Å². The van der Waals surface area contributed by atoms with Crippen molar-refractivity contribution < 1.29 is 47.7 Å². The van der Waals surface area contributed by atoms with E-state index in [0.717, 1.165) is 77.0 Å². The Labute approximate surface area is 357 Å². The molecule has 0 aromatic heterocycles. The zero-order valence-electron chi connectivity index (χ0n) is 36.3. The first-order valence-corrected chi connectivity index (χ1v) is 22.0. The van der Waals surface area contributed by atoms with Gasteiger partial charge in [0.1, 0.15) is 13.2 Å². The quantitative estimate of drug-likeness (QED) is 0.0387. The van der Waals surface area contributed by atoms with E-state index >= 15 is 0 Å². The number of ether oxygens (including phenoxy) is 4. The van der Waals surface area contributed by atoms with Gasteiger partial charge in [0.15, 0.2) is 0 Å². The lowest BCUT2D eigenvalue weighted by atomic mass is 10.2. The van der Waals surface area contributed by atoms with E-state index in [1.54, 1.807) is 0 Å². The van der Waals surface area contributed by atoms with Crippen molar-refractivity contribution in [1.82, 2.24) is 31.1 Å². The molecule has 0 aliphatic carbocycles. The molecule has 0 bridgehead atoms. The number of nitrogens with zero attached hydrogens (tertiary/aromatic N) is 2. The Bertz CT molecular complexity index is 981. The molecular weight excluding hydrogens is 780 g/mol. The third-order valence-corrected chi connectivity index (χ3v) is 9.04. The average molecular weight is 861 g/mol. The molecule has 0 saturated carbocycles. The number of nitrogens with two attached hydrogens (primary N) is 4. The Hall–Kier alpha value is -3.82. The van der Waals surface area contributed by atoms with Crippen LogP contribution in [0.3, 0.4) is 0 Å². The Kier molecular flexibility index (Phi) is 39.2. The van der Waals surface area contributed by atoms with Crippen LogP contribution in [0, 0.1) is 0 Å². The number of amides is 6. The van der Waals surface area contributed by atoms with E-state index in [2.05, 4.69) is 21.3 Å². The first-order valence-electron chi connectivity index (χ1n) is 22.0. The lowest BCUT2D eigenvalue weighted by molar-refractivity contribution is -0.122. The Morgan fingerprint density at radius 1 is 0.350 bits per heavy atom. The second-order valence-electron chi connectivity index (χ2n) is 14.2. The van der Waals surface area contributed by atoms with Crippen LogP contribution in [0.4, 0.5) is 9.59 Å². The van der Waals surface area contributed by atoms with Crippen molar-refractivity contribution in [2.75, 3.05) is 118 Å². The highest BCUT2D eigenvalue weighted by Gasteiger charge is 2.17. The van der Waals surface area contributed by atoms with Crippen molar-refractivity contribution in [3.8, 4) is 0 Å². The van der Waals surface area contributed by atoms with Crippen LogP contribution >= 0.6 is 0 Å². The minimum absolute atomic E-state index is 0.0206. The second-order valence-corrected chi connectivity index (χ2v) is 14.2. The number of hydrogen-bond acceptors (Lipinski definition) is 14. The standard InChI is InChI=1S/C40H80N10O10/c41-17-9-1-5-13-35(51)45-21-25-49(26-22-46-36(52)14-6-2-10-18-42)39(55)59-33-31-57-29-30-58-32-34-60-40(56)50(27-23-47-37(53)15-7-3-11-19-43)28-24-48-38(54)16-8-4-12-20-44/h1-34,41-44H2,(H,45,51)(H,46,52)(H,47,53)(H,48,54). The minimum atomic E-state index is -0.596. The molecule has 0 heterocycles. The highest BCUT2D eigenvalue weighted by molar-refractivity contribution is 5.77. The van der Waals surface area contributed by atoms with Crippen LogP contribution in [0.15, 0.2) is 0 Å². The zero-order valence-corrected chi connectivity index (χ0v) is 36.3. The third-order valence-electron chi connectivity index (χ3n) is 9.04. The van der Waals surface area contributed by atoms with Crippen LogP contribution in [0.25, 0.3) is 0 Å². The number of hydrogen-bond donors (Lipinski definition) is 8. The zero-order chi connectivity index (χ0) is 44.3. The Morgan fingerprint density at radius 2 is 0.600 bits per heavy atom. The second kappa shape index (κ2) is 41.9. The summed E-state index contributed by atoms with van der Waals surface area (Å²) in [5.74, 6) is -0.418. The van der Waals surface area contributed by atoms with Crippen molar-refractivity contribution in [1.29, 1.82) is 0 Å². The van der Waals surface area contributed by atoms with E-state index in [-0.39, 0.29) is 116 Å². The largest absolute Gasteiger partial charge is 0.447 e. The molecule has 20 nitrogen and oxygen atoms in total. The van der Waals surface area contributed by atoms with Gasteiger partial charge in [-0.2, -0.15) is 0 Å². The first kappa shape index (κ1) is 56.2. The van der Waals surface area contributed by atoms with Crippen LogP contribution in [0.1, 0.15) is 103 Å². The number of carbonyl (C=O) groups is 6. The number of rotatable bonds is 41. The lowest BCUT2D eigenvalue weighted by Gasteiger charge is -2.23. The maximum atomic E-state index is 12.9. The van der Waals surface area contributed by atoms with Crippen LogP contribution in [0.5, 0.6) is 0 Å². The molecule has 0 unspecified atom stereocenters. The molecule has 0 aliphatic heterocycles. The summed E-state index contributed by atoms with van der Waals surface area (Å²) in [5.41, 5.74) is 22.0. The van der Waals surface area contributed by atoms with Crippen LogP contribution in [-0.2, 0) is 38.1 Å². The van der Waals surface area contributed by atoms with Gasteiger partial charge in [0.2, 0.25) is 23.6 Å². The molecule has 0 saturated heterocycles. The van der Waals surface area contributed by atoms with E-state index < -0.39 is 12.2 Å². The molecule has 0 radical (unpaired) electrons. The molecular formula is C40H80N10O10. The van der Waals surface area contributed by atoms with E-state index in [4.69, 9.17) is 41.9 Å². The number of unbranched alkanes of at least 4 members (excludes halogenated alkanes) is 8. The van der Waals surface area contributed by atoms with Gasteiger partial charge in [-0.15, -0.1) is 0 Å².